The maximum absolute atomic E-state index is 6.48. The molecule has 0 heterocycles. The highest BCUT2D eigenvalue weighted by atomic mass is 35.5. The first kappa shape index (κ1) is 9.79. The molecule has 0 radical (unpaired) electrons. The molecule has 0 saturated heterocycles. The fourth-order valence-electron chi connectivity index (χ4n) is 4.13. The van der Waals surface area contributed by atoms with Gasteiger partial charge in [-0.1, -0.05) is 12.8 Å². The lowest BCUT2D eigenvalue weighted by molar-refractivity contribution is 0.0838. The molecule has 3 fully saturated rings. The Morgan fingerprint density at radius 3 is 2.77 bits per heavy atom. The number of halogens is 1. The van der Waals surface area contributed by atoms with E-state index in [1.165, 1.54) is 44.9 Å². The lowest BCUT2D eigenvalue weighted by Gasteiger charge is -2.47. The SMILES string of the molecule is Cl.NC12CCCC(C1)C1CCC2C1. The van der Waals surface area contributed by atoms with E-state index in [4.69, 9.17) is 5.73 Å². The van der Waals surface area contributed by atoms with Crippen molar-refractivity contribution in [1.29, 1.82) is 0 Å². The second-order valence-electron chi connectivity index (χ2n) is 5.36. The van der Waals surface area contributed by atoms with Gasteiger partial charge in [-0.25, -0.2) is 0 Å². The minimum absolute atomic E-state index is 0. The second-order valence-corrected chi connectivity index (χ2v) is 5.36. The third-order valence-electron chi connectivity index (χ3n) is 4.81. The standard InChI is InChI=1S/C11H19N.ClH/c12-11-5-1-2-9(7-11)8-3-4-10(11)6-8;/h8-10H,1-7,12H2;1H. The Balaban J connectivity index is 0.000000653. The highest BCUT2D eigenvalue weighted by Gasteiger charge is 2.50. The smallest absolute Gasteiger partial charge is 0.0185 e. The molecule has 0 aliphatic heterocycles. The van der Waals surface area contributed by atoms with Gasteiger partial charge in [0.2, 0.25) is 0 Å². The first-order valence-corrected chi connectivity index (χ1v) is 5.57. The average Bonchev–Trinajstić information content (AvgIpc) is 2.49. The van der Waals surface area contributed by atoms with Crippen LogP contribution in [0.25, 0.3) is 0 Å². The molecular formula is C11H20ClN. The van der Waals surface area contributed by atoms with Crippen LogP contribution in [-0.4, -0.2) is 5.54 Å². The van der Waals surface area contributed by atoms with Crippen LogP contribution in [-0.2, 0) is 0 Å². The van der Waals surface area contributed by atoms with Crippen molar-refractivity contribution in [3.05, 3.63) is 0 Å². The highest BCUT2D eigenvalue weighted by molar-refractivity contribution is 5.85. The van der Waals surface area contributed by atoms with Gasteiger partial charge in [-0.15, -0.1) is 12.4 Å². The Morgan fingerprint density at radius 1 is 1.08 bits per heavy atom. The normalized spacial score (nSPS) is 52.8. The zero-order valence-electron chi connectivity index (χ0n) is 8.17. The van der Waals surface area contributed by atoms with E-state index in [9.17, 15) is 0 Å². The molecule has 2 heteroatoms. The van der Waals surface area contributed by atoms with E-state index in [1.54, 1.807) is 0 Å². The van der Waals surface area contributed by atoms with Gasteiger partial charge in [-0.3, -0.25) is 0 Å². The molecule has 76 valence electrons. The topological polar surface area (TPSA) is 26.0 Å². The van der Waals surface area contributed by atoms with Crippen LogP contribution in [0, 0.1) is 17.8 Å². The molecule has 4 bridgehead atoms. The molecule has 3 aliphatic rings. The van der Waals surface area contributed by atoms with Crippen molar-refractivity contribution in [2.75, 3.05) is 0 Å². The first-order chi connectivity index (χ1) is 5.78. The monoisotopic (exact) mass is 201 g/mol. The Morgan fingerprint density at radius 2 is 1.92 bits per heavy atom. The molecule has 4 atom stereocenters. The average molecular weight is 202 g/mol. The van der Waals surface area contributed by atoms with Gasteiger partial charge in [0.15, 0.2) is 0 Å². The van der Waals surface area contributed by atoms with E-state index < -0.39 is 0 Å². The summed E-state index contributed by atoms with van der Waals surface area (Å²) in [6, 6.07) is 0. The van der Waals surface area contributed by atoms with E-state index in [2.05, 4.69) is 0 Å². The maximum atomic E-state index is 6.48. The van der Waals surface area contributed by atoms with Crippen LogP contribution in [0.5, 0.6) is 0 Å². The first-order valence-electron chi connectivity index (χ1n) is 5.57. The summed E-state index contributed by atoms with van der Waals surface area (Å²) < 4.78 is 0. The largest absolute Gasteiger partial charge is 0.325 e. The predicted octanol–water partition coefficient (Wildman–Crippen LogP) is 2.73. The summed E-state index contributed by atoms with van der Waals surface area (Å²) in [5, 5.41) is 0. The zero-order chi connectivity index (χ0) is 8.18. The summed E-state index contributed by atoms with van der Waals surface area (Å²) in [6.07, 6.45) is 9.99. The van der Waals surface area contributed by atoms with Crippen molar-refractivity contribution >= 4 is 12.4 Å². The summed E-state index contributed by atoms with van der Waals surface area (Å²) >= 11 is 0. The van der Waals surface area contributed by atoms with E-state index in [1.807, 2.05) is 0 Å². The van der Waals surface area contributed by atoms with Gasteiger partial charge in [-0.05, 0) is 49.9 Å². The van der Waals surface area contributed by atoms with Gasteiger partial charge >= 0.3 is 0 Å². The van der Waals surface area contributed by atoms with Crippen molar-refractivity contribution in [1.82, 2.24) is 0 Å². The number of hydrogen-bond donors (Lipinski definition) is 1. The third kappa shape index (κ3) is 1.32. The Hall–Kier alpha value is 0.250. The van der Waals surface area contributed by atoms with E-state index in [-0.39, 0.29) is 17.9 Å². The quantitative estimate of drug-likeness (QED) is 0.641. The van der Waals surface area contributed by atoms with Crippen LogP contribution in [0.4, 0.5) is 0 Å². The summed E-state index contributed by atoms with van der Waals surface area (Å²) in [6.45, 7) is 0. The molecule has 3 aliphatic carbocycles. The molecule has 3 saturated carbocycles. The fourth-order valence-corrected chi connectivity index (χ4v) is 4.13. The van der Waals surface area contributed by atoms with Crippen molar-refractivity contribution < 1.29 is 0 Å². The van der Waals surface area contributed by atoms with Crippen molar-refractivity contribution in [2.45, 2.75) is 50.5 Å². The van der Waals surface area contributed by atoms with Crippen molar-refractivity contribution in [3.63, 3.8) is 0 Å². The number of hydrogen-bond acceptors (Lipinski definition) is 1. The lowest BCUT2D eigenvalue weighted by atomic mass is 9.62. The van der Waals surface area contributed by atoms with Crippen LogP contribution >= 0.6 is 12.4 Å². The fraction of sp³-hybridized carbons (Fsp3) is 1.00. The molecule has 2 N–H and O–H groups in total. The van der Waals surface area contributed by atoms with Crippen LogP contribution < -0.4 is 5.73 Å². The Labute approximate surface area is 86.9 Å². The Bertz CT molecular complexity index is 206. The van der Waals surface area contributed by atoms with E-state index in [0.29, 0.717) is 0 Å². The van der Waals surface area contributed by atoms with Gasteiger partial charge in [-0.2, -0.15) is 0 Å². The van der Waals surface area contributed by atoms with Gasteiger partial charge in [0, 0.05) is 5.54 Å². The van der Waals surface area contributed by atoms with Gasteiger partial charge in [0.05, 0.1) is 0 Å². The van der Waals surface area contributed by atoms with Crippen LogP contribution in [0.2, 0.25) is 0 Å². The summed E-state index contributed by atoms with van der Waals surface area (Å²) in [5.74, 6) is 2.99. The molecule has 0 aromatic rings. The van der Waals surface area contributed by atoms with Crippen LogP contribution in [0.1, 0.15) is 44.9 Å². The number of fused-ring (bicyclic) bond motifs is 6. The number of rotatable bonds is 0. The Kier molecular flexibility index (Phi) is 2.36. The predicted molar refractivity (Wildman–Crippen MR) is 57.0 cm³/mol. The molecule has 4 unspecified atom stereocenters. The second kappa shape index (κ2) is 3.13. The molecule has 3 rings (SSSR count). The van der Waals surface area contributed by atoms with Crippen LogP contribution in [0.15, 0.2) is 0 Å². The van der Waals surface area contributed by atoms with Gasteiger partial charge in [0.1, 0.15) is 0 Å². The molecule has 13 heavy (non-hydrogen) atoms. The molecule has 0 aromatic heterocycles. The minimum atomic E-state index is 0. The van der Waals surface area contributed by atoms with Crippen LogP contribution in [0.3, 0.4) is 0 Å². The van der Waals surface area contributed by atoms with Crippen molar-refractivity contribution in [3.8, 4) is 0 Å². The maximum Gasteiger partial charge on any atom is 0.0185 e. The highest BCUT2D eigenvalue weighted by Crippen LogP contribution is 2.54. The molecule has 0 aromatic carbocycles. The molecule has 0 amide bonds. The third-order valence-corrected chi connectivity index (χ3v) is 4.81. The molecular weight excluding hydrogens is 182 g/mol. The van der Waals surface area contributed by atoms with E-state index >= 15 is 0 Å². The zero-order valence-corrected chi connectivity index (χ0v) is 8.98. The lowest BCUT2D eigenvalue weighted by Crippen LogP contribution is -2.52. The van der Waals surface area contributed by atoms with Gasteiger partial charge < -0.3 is 5.73 Å². The summed E-state index contributed by atoms with van der Waals surface area (Å²) in [4.78, 5) is 0. The van der Waals surface area contributed by atoms with E-state index in [0.717, 1.165) is 17.8 Å². The molecule has 1 nitrogen and oxygen atoms in total. The summed E-state index contributed by atoms with van der Waals surface area (Å²) in [5.41, 5.74) is 6.77. The minimum Gasteiger partial charge on any atom is -0.325 e. The number of nitrogens with two attached hydrogens (primary N) is 1. The molecule has 0 spiro atoms. The summed E-state index contributed by atoms with van der Waals surface area (Å²) in [7, 11) is 0. The van der Waals surface area contributed by atoms with Gasteiger partial charge in [0.25, 0.3) is 0 Å². The van der Waals surface area contributed by atoms with Crippen molar-refractivity contribution in [2.24, 2.45) is 23.5 Å².